The van der Waals surface area contributed by atoms with Gasteiger partial charge in [-0.2, -0.15) is 0 Å². The summed E-state index contributed by atoms with van der Waals surface area (Å²) in [5.74, 6) is -2.20. The summed E-state index contributed by atoms with van der Waals surface area (Å²) in [7, 11) is 1.26. The number of thiophene rings is 1. The highest BCUT2D eigenvalue weighted by molar-refractivity contribution is 7.17. The Balaban J connectivity index is 2.04. The fourth-order valence-corrected chi connectivity index (χ4v) is 3.26. The topological polar surface area (TPSA) is 84.5 Å². The first-order valence-corrected chi connectivity index (χ1v) is 8.54. The molecule has 2 rings (SSSR count). The van der Waals surface area contributed by atoms with Crippen molar-refractivity contribution in [3.8, 4) is 0 Å². The number of halogens is 1. The highest BCUT2D eigenvalue weighted by atomic mass is 35.5. The van der Waals surface area contributed by atoms with E-state index in [4.69, 9.17) is 16.3 Å². The van der Waals surface area contributed by atoms with Gasteiger partial charge in [-0.1, -0.05) is 23.7 Å². The Kier molecular flexibility index (Phi) is 6.17. The SMILES string of the molecule is COC(=O)c1c(NC(=O)C(=O)NCc2ccc(Cl)cc2)sc(C)c1C. The van der Waals surface area contributed by atoms with E-state index in [9.17, 15) is 14.4 Å². The van der Waals surface area contributed by atoms with E-state index in [1.807, 2.05) is 6.92 Å². The largest absolute Gasteiger partial charge is 0.465 e. The molecule has 1 aromatic heterocycles. The Bertz CT molecular complexity index is 815. The minimum atomic E-state index is -0.847. The van der Waals surface area contributed by atoms with Crippen LogP contribution in [0.4, 0.5) is 5.00 Å². The number of benzene rings is 1. The average molecular weight is 381 g/mol. The molecular formula is C17H17ClN2O4S. The molecule has 0 bridgehead atoms. The minimum Gasteiger partial charge on any atom is -0.465 e. The van der Waals surface area contributed by atoms with Crippen LogP contribution in [0.15, 0.2) is 24.3 Å². The van der Waals surface area contributed by atoms with Crippen LogP contribution in [0.25, 0.3) is 0 Å². The number of hydrogen-bond acceptors (Lipinski definition) is 5. The first kappa shape index (κ1) is 19.0. The van der Waals surface area contributed by atoms with Crippen molar-refractivity contribution in [3.63, 3.8) is 0 Å². The number of rotatable bonds is 4. The van der Waals surface area contributed by atoms with Gasteiger partial charge < -0.3 is 15.4 Å². The third-order valence-corrected chi connectivity index (χ3v) is 4.95. The minimum absolute atomic E-state index is 0.190. The molecule has 0 spiro atoms. The normalized spacial score (nSPS) is 10.2. The molecule has 132 valence electrons. The lowest BCUT2D eigenvalue weighted by atomic mass is 10.1. The number of ether oxygens (including phenoxy) is 1. The number of aryl methyl sites for hydroxylation is 1. The zero-order valence-corrected chi connectivity index (χ0v) is 15.5. The van der Waals surface area contributed by atoms with E-state index >= 15 is 0 Å². The molecule has 8 heteroatoms. The van der Waals surface area contributed by atoms with Crippen LogP contribution in [0.3, 0.4) is 0 Å². The Morgan fingerprint density at radius 3 is 2.36 bits per heavy atom. The van der Waals surface area contributed by atoms with E-state index in [0.29, 0.717) is 15.6 Å². The Hall–Kier alpha value is -2.38. The molecule has 1 heterocycles. The van der Waals surface area contributed by atoms with E-state index < -0.39 is 17.8 Å². The van der Waals surface area contributed by atoms with Gasteiger partial charge >= 0.3 is 17.8 Å². The lowest BCUT2D eigenvalue weighted by Crippen LogP contribution is -2.35. The van der Waals surface area contributed by atoms with Gasteiger partial charge in [-0.3, -0.25) is 9.59 Å². The van der Waals surface area contributed by atoms with Crippen molar-refractivity contribution in [3.05, 3.63) is 50.9 Å². The molecule has 25 heavy (non-hydrogen) atoms. The average Bonchev–Trinajstić information content (AvgIpc) is 2.87. The van der Waals surface area contributed by atoms with Crippen molar-refractivity contribution in [2.24, 2.45) is 0 Å². The van der Waals surface area contributed by atoms with Gasteiger partial charge in [-0.05, 0) is 37.1 Å². The second kappa shape index (κ2) is 8.13. The second-order valence-electron chi connectivity index (χ2n) is 5.24. The summed E-state index contributed by atoms with van der Waals surface area (Å²) in [4.78, 5) is 36.8. The van der Waals surface area contributed by atoms with Gasteiger partial charge in [0.15, 0.2) is 0 Å². The van der Waals surface area contributed by atoms with Crippen LogP contribution in [0.5, 0.6) is 0 Å². The maximum absolute atomic E-state index is 12.1. The van der Waals surface area contributed by atoms with Gasteiger partial charge in [0.1, 0.15) is 5.00 Å². The van der Waals surface area contributed by atoms with Gasteiger partial charge in [0.05, 0.1) is 12.7 Å². The summed E-state index contributed by atoms with van der Waals surface area (Å²) in [6.45, 7) is 3.77. The van der Waals surface area contributed by atoms with Crippen LogP contribution in [-0.2, 0) is 20.9 Å². The Morgan fingerprint density at radius 2 is 1.76 bits per heavy atom. The third-order valence-electron chi connectivity index (χ3n) is 3.57. The third kappa shape index (κ3) is 4.58. The monoisotopic (exact) mass is 380 g/mol. The molecular weight excluding hydrogens is 364 g/mol. The number of methoxy groups -OCH3 is 1. The predicted octanol–water partition coefficient (Wildman–Crippen LogP) is 3.06. The zero-order chi connectivity index (χ0) is 18.6. The number of amides is 2. The summed E-state index contributed by atoms with van der Waals surface area (Å²) in [6, 6.07) is 6.90. The number of carbonyl (C=O) groups excluding carboxylic acids is 3. The van der Waals surface area contributed by atoms with Crippen molar-refractivity contribution >= 4 is 45.7 Å². The Labute approximate surface area is 154 Å². The quantitative estimate of drug-likeness (QED) is 0.630. The van der Waals surface area contributed by atoms with Crippen LogP contribution in [0.1, 0.15) is 26.4 Å². The number of nitrogens with one attached hydrogen (secondary N) is 2. The van der Waals surface area contributed by atoms with Crippen molar-refractivity contribution < 1.29 is 19.1 Å². The molecule has 6 nitrogen and oxygen atoms in total. The lowest BCUT2D eigenvalue weighted by molar-refractivity contribution is -0.136. The van der Waals surface area contributed by atoms with Crippen molar-refractivity contribution in [1.29, 1.82) is 0 Å². The van der Waals surface area contributed by atoms with Crippen molar-refractivity contribution in [2.75, 3.05) is 12.4 Å². The molecule has 0 aliphatic rings. The molecule has 0 aliphatic carbocycles. The van der Waals surface area contributed by atoms with Crippen molar-refractivity contribution in [2.45, 2.75) is 20.4 Å². The molecule has 0 saturated carbocycles. The van der Waals surface area contributed by atoms with E-state index in [-0.39, 0.29) is 12.1 Å². The molecule has 0 aliphatic heterocycles. The van der Waals surface area contributed by atoms with Gasteiger partial charge in [0, 0.05) is 16.4 Å². The van der Waals surface area contributed by atoms with Crippen LogP contribution in [0.2, 0.25) is 5.02 Å². The fourth-order valence-electron chi connectivity index (χ4n) is 2.09. The summed E-state index contributed by atoms with van der Waals surface area (Å²) in [6.07, 6.45) is 0. The van der Waals surface area contributed by atoms with Crippen LogP contribution < -0.4 is 10.6 Å². The molecule has 0 unspecified atom stereocenters. The maximum atomic E-state index is 12.1. The standard InChI is InChI=1S/C17H17ClN2O4S/c1-9-10(2)25-16(13(9)17(23)24-3)20-15(22)14(21)19-8-11-4-6-12(18)7-5-11/h4-7H,8H2,1-3H3,(H,19,21)(H,20,22). The van der Waals surface area contributed by atoms with Gasteiger partial charge in [0.25, 0.3) is 0 Å². The molecule has 2 amide bonds. The first-order valence-electron chi connectivity index (χ1n) is 7.35. The maximum Gasteiger partial charge on any atom is 0.341 e. The molecule has 2 aromatic rings. The molecule has 0 radical (unpaired) electrons. The summed E-state index contributed by atoms with van der Waals surface area (Å²) in [5.41, 5.74) is 1.79. The predicted molar refractivity (Wildman–Crippen MR) is 97.1 cm³/mol. The second-order valence-corrected chi connectivity index (χ2v) is 6.90. The number of anilines is 1. The van der Waals surface area contributed by atoms with Crippen LogP contribution in [0, 0.1) is 13.8 Å². The summed E-state index contributed by atoms with van der Waals surface area (Å²) in [5, 5.41) is 5.88. The molecule has 0 fully saturated rings. The Morgan fingerprint density at radius 1 is 1.12 bits per heavy atom. The molecule has 2 N–H and O–H groups in total. The first-order chi connectivity index (χ1) is 11.8. The molecule has 0 saturated heterocycles. The highest BCUT2D eigenvalue weighted by Gasteiger charge is 2.23. The summed E-state index contributed by atoms with van der Waals surface area (Å²) >= 11 is 7.01. The molecule has 1 aromatic carbocycles. The van der Waals surface area contributed by atoms with Crippen LogP contribution in [-0.4, -0.2) is 24.9 Å². The van der Waals surface area contributed by atoms with E-state index in [1.54, 1.807) is 31.2 Å². The van der Waals surface area contributed by atoms with E-state index in [2.05, 4.69) is 10.6 Å². The smallest absolute Gasteiger partial charge is 0.341 e. The van der Waals surface area contributed by atoms with Crippen molar-refractivity contribution in [1.82, 2.24) is 5.32 Å². The fraction of sp³-hybridized carbons (Fsp3) is 0.235. The lowest BCUT2D eigenvalue weighted by Gasteiger charge is -2.07. The van der Waals surface area contributed by atoms with E-state index in [0.717, 1.165) is 10.4 Å². The van der Waals surface area contributed by atoms with Crippen LogP contribution >= 0.6 is 22.9 Å². The number of esters is 1. The zero-order valence-electron chi connectivity index (χ0n) is 13.9. The highest BCUT2D eigenvalue weighted by Crippen LogP contribution is 2.32. The number of carbonyl (C=O) groups is 3. The van der Waals surface area contributed by atoms with E-state index in [1.165, 1.54) is 18.4 Å². The van der Waals surface area contributed by atoms with Gasteiger partial charge in [0.2, 0.25) is 0 Å². The van der Waals surface area contributed by atoms with Gasteiger partial charge in [-0.25, -0.2) is 4.79 Å². The molecule has 0 atom stereocenters. The number of hydrogen-bond donors (Lipinski definition) is 2. The summed E-state index contributed by atoms with van der Waals surface area (Å²) < 4.78 is 4.73. The van der Waals surface area contributed by atoms with Gasteiger partial charge in [-0.15, -0.1) is 11.3 Å².